The molecule has 48 heavy (non-hydrogen) atoms. The summed E-state index contributed by atoms with van der Waals surface area (Å²) < 4.78 is 13.1. The van der Waals surface area contributed by atoms with Gasteiger partial charge in [0, 0.05) is 43.6 Å². The van der Waals surface area contributed by atoms with Gasteiger partial charge in [-0.25, -0.2) is 4.98 Å². The number of benzene rings is 7. The molecule has 10 aromatic rings. The fourth-order valence-electron chi connectivity index (χ4n) is 8.09. The molecule has 4 nitrogen and oxygen atoms in total. The van der Waals surface area contributed by atoms with Crippen LogP contribution in [-0.2, 0) is 0 Å². The van der Waals surface area contributed by atoms with E-state index in [1.165, 1.54) is 32.7 Å². The largest absolute Gasteiger partial charge is 0.456 e. The Kier molecular flexibility index (Phi) is 5.01. The number of anilines is 3. The van der Waals surface area contributed by atoms with E-state index in [1.54, 1.807) is 0 Å². The van der Waals surface area contributed by atoms with Crippen LogP contribution >= 0.6 is 0 Å². The SMILES string of the molecule is Cc1c(N2c3c(ccc4ccccc34)-c3cccc4cccc2c34)nc2c(oc3ccccc32)c1-c1cccc2oc3ccccc3c12. The first kappa shape index (κ1) is 25.8. The Balaban J connectivity index is 1.34. The van der Waals surface area contributed by atoms with Crippen molar-refractivity contribution in [2.75, 3.05) is 4.90 Å². The van der Waals surface area contributed by atoms with Crippen molar-refractivity contribution in [3.63, 3.8) is 0 Å². The molecule has 0 N–H and O–H groups in total. The molecule has 1 aliphatic heterocycles. The first-order valence-electron chi connectivity index (χ1n) is 16.3. The molecule has 0 aliphatic carbocycles. The first-order valence-corrected chi connectivity index (χ1v) is 16.3. The zero-order valence-electron chi connectivity index (χ0n) is 26.0. The first-order chi connectivity index (χ1) is 23.7. The summed E-state index contributed by atoms with van der Waals surface area (Å²) in [6, 6.07) is 49.2. The highest BCUT2D eigenvalue weighted by molar-refractivity contribution is 6.21. The van der Waals surface area contributed by atoms with Crippen molar-refractivity contribution in [3.8, 4) is 22.3 Å². The van der Waals surface area contributed by atoms with E-state index in [0.29, 0.717) is 0 Å². The molecule has 1 aliphatic rings. The molecule has 0 atom stereocenters. The van der Waals surface area contributed by atoms with Gasteiger partial charge >= 0.3 is 0 Å². The third-order valence-corrected chi connectivity index (χ3v) is 10.1. The highest BCUT2D eigenvalue weighted by Gasteiger charge is 2.32. The van der Waals surface area contributed by atoms with Gasteiger partial charge in [0.15, 0.2) is 5.58 Å². The number of pyridine rings is 1. The second-order valence-electron chi connectivity index (χ2n) is 12.7. The zero-order valence-corrected chi connectivity index (χ0v) is 26.0. The predicted molar refractivity (Wildman–Crippen MR) is 198 cm³/mol. The Morgan fingerprint density at radius 2 is 1.17 bits per heavy atom. The summed E-state index contributed by atoms with van der Waals surface area (Å²) in [5.74, 6) is 0.883. The monoisotopic (exact) mass is 614 g/mol. The number of furan rings is 2. The second-order valence-corrected chi connectivity index (χ2v) is 12.7. The summed E-state index contributed by atoms with van der Waals surface area (Å²) in [7, 11) is 0. The number of nitrogens with zero attached hydrogens (tertiary/aromatic N) is 2. The lowest BCUT2D eigenvalue weighted by Gasteiger charge is -2.35. The molecule has 0 unspecified atom stereocenters. The number of para-hydroxylation sites is 2. The van der Waals surface area contributed by atoms with E-state index >= 15 is 0 Å². The zero-order chi connectivity index (χ0) is 31.5. The minimum atomic E-state index is 0.781. The molecule has 0 radical (unpaired) electrons. The lowest BCUT2D eigenvalue weighted by atomic mass is 9.88. The van der Waals surface area contributed by atoms with Crippen LogP contribution in [0.3, 0.4) is 0 Å². The van der Waals surface area contributed by atoms with Crippen LogP contribution in [0.25, 0.3) is 87.8 Å². The Hall–Kier alpha value is -6.39. The van der Waals surface area contributed by atoms with Gasteiger partial charge in [0.2, 0.25) is 0 Å². The van der Waals surface area contributed by atoms with E-state index in [2.05, 4.69) is 127 Å². The number of hydrogen-bond donors (Lipinski definition) is 0. The van der Waals surface area contributed by atoms with Gasteiger partial charge in [0.1, 0.15) is 28.1 Å². The molecular formula is C44H26N2O2. The van der Waals surface area contributed by atoms with Crippen LogP contribution in [0.4, 0.5) is 17.2 Å². The fourth-order valence-corrected chi connectivity index (χ4v) is 8.09. The Labute approximate surface area is 275 Å². The van der Waals surface area contributed by atoms with E-state index in [9.17, 15) is 0 Å². The summed E-state index contributed by atoms with van der Waals surface area (Å²) in [5.41, 5.74) is 12.0. The third-order valence-electron chi connectivity index (χ3n) is 10.1. The standard InChI is InChI=1S/C44H26N2O2/c1-25-38(33-18-10-22-37-40(33)31-15-4-6-20-35(31)47-37)43-41(32-16-5-7-21-36(32)48-43)45-44(25)46-34-19-9-13-27-12-8-17-29(39(27)34)30-24-23-26-11-2-3-14-28(26)42(30)46/h2-24H,1H3. The molecule has 7 aromatic carbocycles. The van der Waals surface area contributed by atoms with Crippen LogP contribution in [0.1, 0.15) is 5.56 Å². The Bertz CT molecular complexity index is 2980. The van der Waals surface area contributed by atoms with Gasteiger partial charge in [0.05, 0.1) is 11.4 Å². The van der Waals surface area contributed by atoms with Gasteiger partial charge < -0.3 is 8.83 Å². The summed E-state index contributed by atoms with van der Waals surface area (Å²) >= 11 is 0. The molecule has 4 heterocycles. The number of aromatic nitrogens is 1. The van der Waals surface area contributed by atoms with Gasteiger partial charge in [-0.3, -0.25) is 4.90 Å². The van der Waals surface area contributed by atoms with Crippen molar-refractivity contribution in [2.24, 2.45) is 0 Å². The maximum absolute atomic E-state index is 6.74. The summed E-state index contributed by atoms with van der Waals surface area (Å²) in [5, 5.41) is 7.96. The normalized spacial score (nSPS) is 12.6. The van der Waals surface area contributed by atoms with Crippen molar-refractivity contribution < 1.29 is 8.83 Å². The van der Waals surface area contributed by atoms with Gasteiger partial charge in [-0.05, 0) is 59.2 Å². The summed E-state index contributed by atoms with van der Waals surface area (Å²) in [4.78, 5) is 7.98. The van der Waals surface area contributed by atoms with Crippen LogP contribution in [-0.4, -0.2) is 4.98 Å². The molecule has 0 fully saturated rings. The van der Waals surface area contributed by atoms with E-state index in [-0.39, 0.29) is 0 Å². The summed E-state index contributed by atoms with van der Waals surface area (Å²) in [6.07, 6.45) is 0. The molecule has 0 saturated heterocycles. The molecular weight excluding hydrogens is 588 g/mol. The van der Waals surface area contributed by atoms with Crippen molar-refractivity contribution >= 4 is 82.7 Å². The maximum atomic E-state index is 6.74. The maximum Gasteiger partial charge on any atom is 0.162 e. The number of hydrogen-bond acceptors (Lipinski definition) is 4. The predicted octanol–water partition coefficient (Wildman–Crippen LogP) is 12.6. The highest BCUT2D eigenvalue weighted by Crippen LogP contribution is 2.55. The van der Waals surface area contributed by atoms with E-state index < -0.39 is 0 Å². The van der Waals surface area contributed by atoms with Gasteiger partial charge in [0.25, 0.3) is 0 Å². The van der Waals surface area contributed by atoms with Crippen molar-refractivity contribution in [3.05, 3.63) is 145 Å². The van der Waals surface area contributed by atoms with Crippen LogP contribution < -0.4 is 4.90 Å². The Morgan fingerprint density at radius 3 is 2.04 bits per heavy atom. The van der Waals surface area contributed by atoms with Gasteiger partial charge in [-0.15, -0.1) is 0 Å². The van der Waals surface area contributed by atoms with E-state index in [1.807, 2.05) is 24.3 Å². The second kappa shape index (κ2) is 9.34. The molecule has 0 spiro atoms. The molecule has 11 rings (SSSR count). The van der Waals surface area contributed by atoms with Crippen molar-refractivity contribution in [1.82, 2.24) is 4.98 Å². The minimum Gasteiger partial charge on any atom is -0.456 e. The molecule has 0 saturated carbocycles. The quantitative estimate of drug-likeness (QED) is 0.194. The van der Waals surface area contributed by atoms with Crippen LogP contribution in [0, 0.1) is 6.92 Å². The highest BCUT2D eigenvalue weighted by atomic mass is 16.3. The molecule has 0 bridgehead atoms. The van der Waals surface area contributed by atoms with Gasteiger partial charge in [-0.1, -0.05) is 109 Å². The third kappa shape index (κ3) is 3.31. The van der Waals surface area contributed by atoms with Crippen molar-refractivity contribution in [2.45, 2.75) is 6.92 Å². The topological polar surface area (TPSA) is 42.4 Å². The molecule has 4 heteroatoms. The van der Waals surface area contributed by atoms with Gasteiger partial charge in [-0.2, -0.15) is 0 Å². The molecule has 3 aromatic heterocycles. The van der Waals surface area contributed by atoms with Crippen LogP contribution in [0.15, 0.2) is 148 Å². The lowest BCUT2D eigenvalue weighted by molar-refractivity contribution is 0.668. The molecule has 224 valence electrons. The Morgan fingerprint density at radius 1 is 0.500 bits per heavy atom. The lowest BCUT2D eigenvalue weighted by Crippen LogP contribution is -2.18. The average molecular weight is 615 g/mol. The van der Waals surface area contributed by atoms with Crippen molar-refractivity contribution in [1.29, 1.82) is 0 Å². The fraction of sp³-hybridized carbons (Fsp3) is 0.0227. The van der Waals surface area contributed by atoms with E-state index in [0.717, 1.165) is 77.9 Å². The summed E-state index contributed by atoms with van der Waals surface area (Å²) in [6.45, 7) is 2.19. The van der Waals surface area contributed by atoms with E-state index in [4.69, 9.17) is 13.8 Å². The number of rotatable bonds is 2. The van der Waals surface area contributed by atoms with Crippen LogP contribution in [0.5, 0.6) is 0 Å². The smallest absolute Gasteiger partial charge is 0.162 e. The average Bonchev–Trinajstić information content (AvgIpc) is 3.70. The van der Waals surface area contributed by atoms with Crippen LogP contribution in [0.2, 0.25) is 0 Å². The molecule has 0 amide bonds. The minimum absolute atomic E-state index is 0.781. The number of fused-ring (bicyclic) bond motifs is 10.